The lowest BCUT2D eigenvalue weighted by atomic mass is 10.2. The minimum atomic E-state index is -0.492. The van der Waals surface area contributed by atoms with Crippen LogP contribution in [0.2, 0.25) is 10.3 Å². The molecule has 1 aromatic heterocycles. The van der Waals surface area contributed by atoms with Gasteiger partial charge in [-0.15, -0.1) is 0 Å². The van der Waals surface area contributed by atoms with Gasteiger partial charge in [-0.25, -0.2) is 4.98 Å². The van der Waals surface area contributed by atoms with Crippen LogP contribution in [0.1, 0.15) is 24.2 Å². The molecular weight excluding hydrogens is 291 g/mol. The second kappa shape index (κ2) is 6.73. The van der Waals surface area contributed by atoms with Crippen molar-refractivity contribution in [2.75, 3.05) is 13.7 Å². The van der Waals surface area contributed by atoms with Gasteiger partial charge in [0.15, 0.2) is 0 Å². The van der Waals surface area contributed by atoms with E-state index in [1.54, 1.807) is 13.8 Å². The molecule has 0 fully saturated rings. The molecule has 0 aliphatic heterocycles. The van der Waals surface area contributed by atoms with Gasteiger partial charge in [-0.05, 0) is 26.0 Å². The van der Waals surface area contributed by atoms with E-state index in [4.69, 9.17) is 23.2 Å². The Hall–Kier alpha value is -1.33. The van der Waals surface area contributed by atoms with Gasteiger partial charge < -0.3 is 9.64 Å². The normalized spacial score (nSPS) is 10.4. The number of hydrogen-bond acceptors (Lipinski definition) is 4. The minimum Gasteiger partial charge on any atom is -0.468 e. The van der Waals surface area contributed by atoms with Crippen molar-refractivity contribution in [1.82, 2.24) is 9.88 Å². The Balaban J connectivity index is 3.02. The predicted octanol–water partition coefficient (Wildman–Crippen LogP) is 2.41. The Bertz CT molecular complexity index is 472. The summed E-state index contributed by atoms with van der Waals surface area (Å²) in [6, 6.07) is 2.64. The van der Waals surface area contributed by atoms with Crippen LogP contribution < -0.4 is 0 Å². The molecule has 5 nitrogen and oxygen atoms in total. The maximum Gasteiger partial charge on any atom is 0.325 e. The molecule has 1 heterocycles. The molecule has 1 aromatic rings. The average Bonchev–Trinajstić information content (AvgIpc) is 2.33. The van der Waals surface area contributed by atoms with Gasteiger partial charge in [0.25, 0.3) is 5.91 Å². The van der Waals surface area contributed by atoms with Crippen molar-refractivity contribution in [3.8, 4) is 0 Å². The molecule has 0 radical (unpaired) electrons. The molecular formula is C12H14Cl2N2O3. The van der Waals surface area contributed by atoms with E-state index in [0.717, 1.165) is 0 Å². The van der Waals surface area contributed by atoms with Crippen LogP contribution in [0.15, 0.2) is 12.1 Å². The van der Waals surface area contributed by atoms with E-state index >= 15 is 0 Å². The fourth-order valence-electron chi connectivity index (χ4n) is 1.45. The van der Waals surface area contributed by atoms with Crippen LogP contribution in [-0.4, -0.2) is 41.5 Å². The van der Waals surface area contributed by atoms with E-state index in [1.165, 1.54) is 24.1 Å². The van der Waals surface area contributed by atoms with Crippen molar-refractivity contribution in [3.05, 3.63) is 28.0 Å². The monoisotopic (exact) mass is 304 g/mol. The first-order chi connectivity index (χ1) is 8.85. The van der Waals surface area contributed by atoms with Crippen molar-refractivity contribution < 1.29 is 14.3 Å². The van der Waals surface area contributed by atoms with Gasteiger partial charge in [0.05, 0.1) is 7.11 Å². The Morgan fingerprint density at radius 2 is 1.84 bits per heavy atom. The zero-order chi connectivity index (χ0) is 14.6. The molecule has 0 bridgehead atoms. The molecule has 0 spiro atoms. The number of hydrogen-bond donors (Lipinski definition) is 0. The topological polar surface area (TPSA) is 59.5 Å². The molecule has 0 unspecified atom stereocenters. The third-order valence-corrected chi connectivity index (χ3v) is 2.81. The largest absolute Gasteiger partial charge is 0.468 e. The summed E-state index contributed by atoms with van der Waals surface area (Å²) in [4.78, 5) is 28.8. The van der Waals surface area contributed by atoms with E-state index in [-0.39, 0.29) is 34.4 Å². The SMILES string of the molecule is COC(=O)CN(C(=O)c1cc(Cl)nc(Cl)c1)C(C)C. The fourth-order valence-corrected chi connectivity index (χ4v) is 1.91. The van der Waals surface area contributed by atoms with Crippen LogP contribution in [-0.2, 0) is 9.53 Å². The van der Waals surface area contributed by atoms with Gasteiger partial charge in [-0.1, -0.05) is 23.2 Å². The quantitative estimate of drug-likeness (QED) is 0.633. The molecule has 1 rings (SSSR count). The summed E-state index contributed by atoms with van der Waals surface area (Å²) in [6.07, 6.45) is 0. The molecule has 0 aliphatic rings. The number of carbonyl (C=O) groups excluding carboxylic acids is 2. The number of halogens is 2. The summed E-state index contributed by atoms with van der Waals surface area (Å²) in [5.74, 6) is -0.847. The van der Waals surface area contributed by atoms with Gasteiger partial charge in [0.1, 0.15) is 16.9 Å². The number of carbonyl (C=O) groups is 2. The van der Waals surface area contributed by atoms with Crippen molar-refractivity contribution >= 4 is 35.1 Å². The lowest BCUT2D eigenvalue weighted by Gasteiger charge is -2.25. The average molecular weight is 305 g/mol. The number of pyridine rings is 1. The number of methoxy groups -OCH3 is 1. The Morgan fingerprint density at radius 1 is 1.32 bits per heavy atom. The third-order valence-electron chi connectivity index (χ3n) is 2.42. The van der Waals surface area contributed by atoms with E-state index in [0.29, 0.717) is 0 Å². The fraction of sp³-hybridized carbons (Fsp3) is 0.417. The molecule has 1 amide bonds. The summed E-state index contributed by atoms with van der Waals surface area (Å²) in [5, 5.41) is 0.246. The van der Waals surface area contributed by atoms with Gasteiger partial charge in [0.2, 0.25) is 0 Å². The highest BCUT2D eigenvalue weighted by molar-refractivity contribution is 6.33. The summed E-state index contributed by atoms with van der Waals surface area (Å²) in [6.45, 7) is 3.46. The van der Waals surface area contributed by atoms with Crippen LogP contribution in [0.3, 0.4) is 0 Å². The summed E-state index contributed by atoms with van der Waals surface area (Å²) >= 11 is 11.5. The molecule has 0 atom stereocenters. The zero-order valence-electron chi connectivity index (χ0n) is 10.8. The first-order valence-corrected chi connectivity index (χ1v) is 6.31. The predicted molar refractivity (Wildman–Crippen MR) is 72.4 cm³/mol. The van der Waals surface area contributed by atoms with Crippen LogP contribution in [0.4, 0.5) is 0 Å². The molecule has 0 aromatic carbocycles. The van der Waals surface area contributed by atoms with Gasteiger partial charge in [-0.3, -0.25) is 9.59 Å². The smallest absolute Gasteiger partial charge is 0.325 e. The third kappa shape index (κ3) is 4.36. The second-order valence-corrected chi connectivity index (χ2v) is 4.88. The maximum absolute atomic E-state index is 12.3. The minimum absolute atomic E-state index is 0.123. The van der Waals surface area contributed by atoms with E-state index in [1.807, 2.05) is 0 Å². The zero-order valence-corrected chi connectivity index (χ0v) is 12.3. The number of nitrogens with zero attached hydrogens (tertiary/aromatic N) is 2. The van der Waals surface area contributed by atoms with Crippen LogP contribution in [0, 0.1) is 0 Å². The molecule has 19 heavy (non-hydrogen) atoms. The molecule has 0 aliphatic carbocycles. The van der Waals surface area contributed by atoms with Crippen LogP contribution in [0.25, 0.3) is 0 Å². The van der Waals surface area contributed by atoms with E-state index < -0.39 is 5.97 Å². The lowest BCUT2D eigenvalue weighted by Crippen LogP contribution is -2.41. The summed E-state index contributed by atoms with van der Waals surface area (Å²) in [5.41, 5.74) is 0.280. The maximum atomic E-state index is 12.3. The number of amides is 1. The first-order valence-electron chi connectivity index (χ1n) is 5.56. The van der Waals surface area contributed by atoms with Crippen molar-refractivity contribution in [2.45, 2.75) is 19.9 Å². The van der Waals surface area contributed by atoms with Crippen LogP contribution in [0.5, 0.6) is 0 Å². The summed E-state index contributed by atoms with van der Waals surface area (Å²) in [7, 11) is 1.27. The second-order valence-electron chi connectivity index (χ2n) is 4.10. The van der Waals surface area contributed by atoms with E-state index in [9.17, 15) is 9.59 Å². The Morgan fingerprint density at radius 3 is 2.26 bits per heavy atom. The standard InChI is InChI=1S/C12H14Cl2N2O3/c1-7(2)16(6-11(17)19-3)12(18)8-4-9(13)15-10(14)5-8/h4-5,7H,6H2,1-3H3. The van der Waals surface area contributed by atoms with E-state index in [2.05, 4.69) is 9.72 Å². The van der Waals surface area contributed by atoms with Gasteiger partial charge >= 0.3 is 5.97 Å². The molecule has 7 heteroatoms. The molecule has 0 saturated heterocycles. The van der Waals surface area contributed by atoms with Crippen molar-refractivity contribution in [3.63, 3.8) is 0 Å². The van der Waals surface area contributed by atoms with Crippen molar-refractivity contribution in [1.29, 1.82) is 0 Å². The highest BCUT2D eigenvalue weighted by Crippen LogP contribution is 2.17. The number of esters is 1. The Kier molecular flexibility index (Phi) is 5.57. The van der Waals surface area contributed by atoms with Gasteiger partial charge in [0, 0.05) is 11.6 Å². The number of rotatable bonds is 4. The Labute approximate surface area is 121 Å². The van der Waals surface area contributed by atoms with Crippen LogP contribution >= 0.6 is 23.2 Å². The lowest BCUT2D eigenvalue weighted by molar-refractivity contribution is -0.141. The summed E-state index contributed by atoms with van der Waals surface area (Å²) < 4.78 is 4.57. The number of ether oxygens (including phenoxy) is 1. The van der Waals surface area contributed by atoms with Crippen molar-refractivity contribution in [2.24, 2.45) is 0 Å². The number of aromatic nitrogens is 1. The molecule has 0 saturated carbocycles. The first kappa shape index (κ1) is 15.7. The molecule has 0 N–H and O–H groups in total. The van der Waals surface area contributed by atoms with Gasteiger partial charge in [-0.2, -0.15) is 0 Å². The highest BCUT2D eigenvalue weighted by Gasteiger charge is 2.22. The highest BCUT2D eigenvalue weighted by atomic mass is 35.5. The molecule has 104 valence electrons.